The van der Waals surface area contributed by atoms with Gasteiger partial charge in [-0.05, 0) is 20.3 Å². The van der Waals surface area contributed by atoms with Crippen LogP contribution in [0, 0.1) is 0 Å². The Labute approximate surface area is 61.4 Å². The Morgan fingerprint density at radius 1 is 1.60 bits per heavy atom. The molecule has 0 aromatic rings. The van der Waals surface area contributed by atoms with Crippen molar-refractivity contribution in [3.8, 4) is 0 Å². The number of carbonyl (C=O) groups is 1. The van der Waals surface area contributed by atoms with E-state index < -0.39 is 0 Å². The van der Waals surface area contributed by atoms with Gasteiger partial charge >= 0.3 is 0 Å². The van der Waals surface area contributed by atoms with Crippen molar-refractivity contribution < 1.29 is 4.79 Å². The average molecular weight is 139 g/mol. The minimum atomic E-state index is -0.348. The molecule has 0 aliphatic heterocycles. The van der Waals surface area contributed by atoms with Gasteiger partial charge in [-0.3, -0.25) is 4.79 Å². The molecule has 0 rings (SSSR count). The molecule has 2 heteroatoms. The predicted octanol–water partition coefficient (Wildman–Crippen LogP) is 1.38. The first-order valence-corrected chi connectivity index (χ1v) is 3.16. The van der Waals surface area contributed by atoms with E-state index in [1.165, 1.54) is 0 Å². The van der Waals surface area contributed by atoms with Gasteiger partial charge in [0.25, 0.3) is 0 Å². The van der Waals surface area contributed by atoms with Crippen LogP contribution in [0.2, 0.25) is 0 Å². The Bertz CT molecular complexity index is 180. The summed E-state index contributed by atoms with van der Waals surface area (Å²) < 4.78 is 0. The molecule has 0 bridgehead atoms. The minimum absolute atomic E-state index is 0.348. The van der Waals surface area contributed by atoms with Gasteiger partial charge < -0.3 is 5.73 Å². The normalized spacial score (nSPS) is 12.2. The Morgan fingerprint density at radius 3 is 2.40 bits per heavy atom. The Morgan fingerprint density at radius 2 is 2.10 bits per heavy atom. The van der Waals surface area contributed by atoms with Gasteiger partial charge in [0.15, 0.2) is 0 Å². The number of hydrogen-bond acceptors (Lipinski definition) is 1. The van der Waals surface area contributed by atoms with Gasteiger partial charge in [-0.2, -0.15) is 0 Å². The highest BCUT2D eigenvalue weighted by molar-refractivity contribution is 5.92. The lowest BCUT2D eigenvalue weighted by atomic mass is 10.1. The van der Waals surface area contributed by atoms with Crippen molar-refractivity contribution in [2.45, 2.75) is 20.3 Å². The fourth-order valence-corrected chi connectivity index (χ4v) is 0.580. The molecule has 2 nitrogen and oxygen atoms in total. The van der Waals surface area contributed by atoms with E-state index in [4.69, 9.17) is 5.73 Å². The molecule has 0 heterocycles. The van der Waals surface area contributed by atoms with Gasteiger partial charge in [0, 0.05) is 5.57 Å². The van der Waals surface area contributed by atoms with Crippen molar-refractivity contribution in [1.82, 2.24) is 0 Å². The van der Waals surface area contributed by atoms with Gasteiger partial charge in [0.05, 0.1) is 0 Å². The van der Waals surface area contributed by atoms with E-state index in [1.54, 1.807) is 13.0 Å². The molecule has 0 saturated carbocycles. The first kappa shape index (κ1) is 8.95. The second kappa shape index (κ2) is 3.88. The van der Waals surface area contributed by atoms with Crippen molar-refractivity contribution in [1.29, 1.82) is 0 Å². The van der Waals surface area contributed by atoms with Gasteiger partial charge in [-0.25, -0.2) is 0 Å². The molecular weight excluding hydrogens is 126 g/mol. The number of allylic oxidation sites excluding steroid dienone is 2. The first-order chi connectivity index (χ1) is 4.59. The number of carbonyl (C=O) groups excluding carboxylic acids is 1. The standard InChI is InChI=1S/C8H13NO/c1-4-5-6(2)7(3)8(9)10/h4H,1,5H2,2-3H3,(H2,9,10)/b7-6-. The van der Waals surface area contributed by atoms with Crippen LogP contribution in [-0.2, 0) is 4.79 Å². The molecule has 0 fully saturated rings. The topological polar surface area (TPSA) is 43.1 Å². The van der Waals surface area contributed by atoms with Gasteiger partial charge in [-0.15, -0.1) is 6.58 Å². The summed E-state index contributed by atoms with van der Waals surface area (Å²) in [6.07, 6.45) is 2.48. The lowest BCUT2D eigenvalue weighted by Gasteiger charge is -1.99. The molecule has 0 saturated heterocycles. The molecule has 0 unspecified atom stereocenters. The third-order valence-corrected chi connectivity index (χ3v) is 1.46. The van der Waals surface area contributed by atoms with E-state index in [2.05, 4.69) is 6.58 Å². The Balaban J connectivity index is 4.33. The highest BCUT2D eigenvalue weighted by Gasteiger charge is 1.99. The SMILES string of the molecule is C=CC/C(C)=C(/C)C(N)=O. The zero-order valence-electron chi connectivity index (χ0n) is 6.48. The van der Waals surface area contributed by atoms with Crippen molar-refractivity contribution >= 4 is 5.91 Å². The summed E-state index contributed by atoms with van der Waals surface area (Å²) >= 11 is 0. The van der Waals surface area contributed by atoms with Gasteiger partial charge in [0.1, 0.15) is 0 Å². The Kier molecular flexibility index (Phi) is 3.47. The van der Waals surface area contributed by atoms with Crippen molar-refractivity contribution in [3.05, 3.63) is 23.8 Å². The third kappa shape index (κ3) is 2.49. The van der Waals surface area contributed by atoms with Gasteiger partial charge in [-0.1, -0.05) is 11.6 Å². The predicted molar refractivity (Wildman–Crippen MR) is 42.4 cm³/mol. The quantitative estimate of drug-likeness (QED) is 0.466. The molecule has 56 valence electrons. The maximum absolute atomic E-state index is 10.5. The Hall–Kier alpha value is -1.05. The maximum Gasteiger partial charge on any atom is 0.244 e. The summed E-state index contributed by atoms with van der Waals surface area (Å²) in [4.78, 5) is 10.5. The van der Waals surface area contributed by atoms with Gasteiger partial charge in [0.2, 0.25) is 5.91 Å². The molecule has 0 aliphatic carbocycles. The maximum atomic E-state index is 10.5. The number of rotatable bonds is 3. The molecule has 1 amide bonds. The van der Waals surface area contributed by atoms with Crippen molar-refractivity contribution in [2.75, 3.05) is 0 Å². The smallest absolute Gasteiger partial charge is 0.244 e. The highest BCUT2D eigenvalue weighted by Crippen LogP contribution is 2.06. The van der Waals surface area contributed by atoms with E-state index in [-0.39, 0.29) is 5.91 Å². The van der Waals surface area contributed by atoms with Crippen LogP contribution in [0.1, 0.15) is 20.3 Å². The highest BCUT2D eigenvalue weighted by atomic mass is 16.1. The molecule has 0 spiro atoms. The lowest BCUT2D eigenvalue weighted by Crippen LogP contribution is -2.12. The van der Waals surface area contributed by atoms with Crippen LogP contribution in [0.3, 0.4) is 0 Å². The summed E-state index contributed by atoms with van der Waals surface area (Å²) in [6, 6.07) is 0. The zero-order chi connectivity index (χ0) is 8.15. The van der Waals surface area contributed by atoms with Crippen LogP contribution in [0.15, 0.2) is 23.8 Å². The molecule has 10 heavy (non-hydrogen) atoms. The zero-order valence-corrected chi connectivity index (χ0v) is 6.48. The van der Waals surface area contributed by atoms with Crippen molar-refractivity contribution in [2.24, 2.45) is 5.73 Å². The lowest BCUT2D eigenvalue weighted by molar-refractivity contribution is -0.114. The summed E-state index contributed by atoms with van der Waals surface area (Å²) in [5.74, 6) is -0.348. The van der Waals surface area contributed by atoms with E-state index >= 15 is 0 Å². The molecule has 0 atom stereocenters. The largest absolute Gasteiger partial charge is 0.366 e. The van der Waals surface area contributed by atoms with Crippen LogP contribution in [0.25, 0.3) is 0 Å². The van der Waals surface area contributed by atoms with Crippen molar-refractivity contribution in [3.63, 3.8) is 0 Å². The van der Waals surface area contributed by atoms with E-state index in [0.29, 0.717) is 5.57 Å². The fourth-order valence-electron chi connectivity index (χ4n) is 0.580. The summed E-state index contributed by atoms with van der Waals surface area (Å²) in [5, 5.41) is 0. The number of nitrogens with two attached hydrogens (primary N) is 1. The summed E-state index contributed by atoms with van der Waals surface area (Å²) in [7, 11) is 0. The minimum Gasteiger partial charge on any atom is -0.366 e. The molecular formula is C8H13NO. The second-order valence-corrected chi connectivity index (χ2v) is 2.26. The summed E-state index contributed by atoms with van der Waals surface area (Å²) in [6.45, 7) is 7.16. The van der Waals surface area contributed by atoms with Crippen LogP contribution < -0.4 is 5.73 Å². The molecule has 2 N–H and O–H groups in total. The second-order valence-electron chi connectivity index (χ2n) is 2.26. The molecule has 0 radical (unpaired) electrons. The van der Waals surface area contributed by atoms with E-state index in [0.717, 1.165) is 12.0 Å². The average Bonchev–Trinajstić information content (AvgIpc) is 1.87. The van der Waals surface area contributed by atoms with Crippen LogP contribution in [0.4, 0.5) is 0 Å². The van der Waals surface area contributed by atoms with E-state index in [9.17, 15) is 4.79 Å². The fraction of sp³-hybridized carbons (Fsp3) is 0.375. The molecule has 0 aromatic carbocycles. The molecule has 0 aliphatic rings. The number of amides is 1. The van der Waals surface area contributed by atoms with E-state index in [1.807, 2.05) is 6.92 Å². The van der Waals surface area contributed by atoms with Crippen LogP contribution >= 0.6 is 0 Å². The van der Waals surface area contributed by atoms with Crippen LogP contribution in [-0.4, -0.2) is 5.91 Å². The van der Waals surface area contributed by atoms with Crippen LogP contribution in [0.5, 0.6) is 0 Å². The molecule has 0 aromatic heterocycles. The first-order valence-electron chi connectivity index (χ1n) is 3.16. The monoisotopic (exact) mass is 139 g/mol. The summed E-state index contributed by atoms with van der Waals surface area (Å²) in [5.41, 5.74) is 6.66. The number of hydrogen-bond donors (Lipinski definition) is 1. The number of primary amides is 1. The third-order valence-electron chi connectivity index (χ3n) is 1.46.